The van der Waals surface area contributed by atoms with Crippen molar-refractivity contribution in [2.24, 2.45) is 0 Å². The average molecular weight is 510 g/mol. The molecule has 7 nitrogen and oxygen atoms in total. The van der Waals surface area contributed by atoms with Gasteiger partial charge in [-0.25, -0.2) is 18.6 Å². The van der Waals surface area contributed by atoms with E-state index in [1.54, 1.807) is 42.5 Å². The van der Waals surface area contributed by atoms with E-state index in [1.165, 1.54) is 34.4 Å². The molecule has 184 valence electrons. The number of benzene rings is 3. The first-order valence-corrected chi connectivity index (χ1v) is 12.1. The van der Waals surface area contributed by atoms with E-state index in [-0.39, 0.29) is 17.4 Å². The molecule has 4 aromatic rings. The van der Waals surface area contributed by atoms with Crippen LogP contribution in [0.4, 0.5) is 24.4 Å². The Hall–Kier alpha value is -4.05. The minimum absolute atomic E-state index is 0.236. The molecule has 3 aromatic carbocycles. The summed E-state index contributed by atoms with van der Waals surface area (Å²) in [5.74, 6) is -1.15. The molecule has 1 unspecified atom stereocenters. The van der Waals surface area contributed by atoms with E-state index >= 15 is 0 Å². The third kappa shape index (κ3) is 4.99. The number of likely N-dealkylation sites (tertiary alicyclic amines) is 1. The zero-order chi connectivity index (χ0) is 25.2. The molecule has 1 atom stereocenters. The zero-order valence-electron chi connectivity index (χ0n) is 18.9. The van der Waals surface area contributed by atoms with Gasteiger partial charge in [0.2, 0.25) is 0 Å². The molecule has 1 saturated heterocycles. The number of carboxylic acid groups (broad SMARTS) is 1. The lowest BCUT2D eigenvalue weighted by molar-refractivity contribution is -0.0413. The highest BCUT2D eigenvalue weighted by atomic mass is 32.1. The monoisotopic (exact) mass is 509 g/mol. The van der Waals surface area contributed by atoms with Gasteiger partial charge in [-0.1, -0.05) is 29.5 Å². The Labute approximate surface area is 209 Å². The maximum atomic E-state index is 14.9. The third-order valence-corrected chi connectivity index (χ3v) is 6.91. The fourth-order valence-electron chi connectivity index (χ4n) is 4.21. The van der Waals surface area contributed by atoms with Gasteiger partial charge in [-0.15, -0.1) is 0 Å². The Morgan fingerprint density at radius 1 is 1.03 bits per heavy atom. The summed E-state index contributed by atoms with van der Waals surface area (Å²) in [6, 6.07) is 15.7. The quantitative estimate of drug-likeness (QED) is 0.293. The Morgan fingerprint density at radius 3 is 2.56 bits per heavy atom. The first-order valence-electron chi connectivity index (χ1n) is 11.3. The fourth-order valence-corrected chi connectivity index (χ4v) is 5.11. The summed E-state index contributed by atoms with van der Waals surface area (Å²) in [6.07, 6.45) is -0.186. The van der Waals surface area contributed by atoms with Crippen LogP contribution in [0.3, 0.4) is 0 Å². The van der Waals surface area contributed by atoms with Gasteiger partial charge < -0.3 is 20.1 Å². The summed E-state index contributed by atoms with van der Waals surface area (Å²) >= 11 is 1.23. The molecule has 0 aliphatic carbocycles. The third-order valence-electron chi connectivity index (χ3n) is 5.97. The summed E-state index contributed by atoms with van der Waals surface area (Å²) in [7, 11) is 0. The maximum absolute atomic E-state index is 14.9. The second-order valence-corrected chi connectivity index (χ2v) is 9.39. The van der Waals surface area contributed by atoms with E-state index in [1.807, 2.05) is 0 Å². The number of anilines is 2. The molecular formula is C26H21F2N3O4S. The largest absolute Gasteiger partial charge is 0.507 e. The van der Waals surface area contributed by atoms with Crippen LogP contribution in [0, 0.1) is 11.6 Å². The van der Waals surface area contributed by atoms with Gasteiger partial charge >= 0.3 is 6.16 Å². The number of carbonyl (C=O) groups excluding carboxylic acids is 1. The van der Waals surface area contributed by atoms with Gasteiger partial charge in [0.1, 0.15) is 11.6 Å². The molecule has 10 heteroatoms. The molecule has 1 aromatic heterocycles. The van der Waals surface area contributed by atoms with Crippen LogP contribution in [0.2, 0.25) is 0 Å². The lowest BCUT2D eigenvalue weighted by Crippen LogP contribution is -2.45. The summed E-state index contributed by atoms with van der Waals surface area (Å²) < 4.78 is 33.8. The van der Waals surface area contributed by atoms with Gasteiger partial charge in [0.05, 0.1) is 15.9 Å². The minimum Gasteiger partial charge on any atom is -0.450 e. The molecule has 5 rings (SSSR count). The molecule has 0 saturated carbocycles. The normalized spacial score (nSPS) is 15.6. The highest BCUT2D eigenvalue weighted by Gasteiger charge is 2.30. The zero-order valence-corrected chi connectivity index (χ0v) is 19.7. The van der Waals surface area contributed by atoms with Gasteiger partial charge in [0, 0.05) is 18.5 Å². The smallest absolute Gasteiger partial charge is 0.450 e. The molecule has 0 bridgehead atoms. The number of thiazole rings is 1. The standard InChI is InChI=1S/C26H21F2N3O4S/c27-18-9-11-21-22(14-18)36-25(30-21)29-20-10-8-17(13-19(20)28)15-4-6-16(7-5-15)24(32)31-12-2-1-3-23(31)35-26(33)34/h4-11,13-14,23H,1-3,12H2,(H,29,30)(H,33,34). The summed E-state index contributed by atoms with van der Waals surface area (Å²) in [5, 5.41) is 12.3. The summed E-state index contributed by atoms with van der Waals surface area (Å²) in [4.78, 5) is 29.7. The number of amides is 1. The Bertz CT molecular complexity index is 1440. The van der Waals surface area contributed by atoms with Crippen molar-refractivity contribution in [2.45, 2.75) is 25.5 Å². The number of rotatable bonds is 5. The van der Waals surface area contributed by atoms with E-state index in [0.717, 1.165) is 12.8 Å². The Kier molecular flexibility index (Phi) is 6.51. The van der Waals surface area contributed by atoms with Crippen LogP contribution in [-0.4, -0.2) is 39.8 Å². The highest BCUT2D eigenvalue weighted by Crippen LogP contribution is 2.31. The van der Waals surface area contributed by atoms with E-state index in [2.05, 4.69) is 10.3 Å². The number of nitrogens with one attached hydrogen (secondary N) is 1. The maximum Gasteiger partial charge on any atom is 0.507 e. The number of nitrogens with zero attached hydrogens (tertiary/aromatic N) is 2. The van der Waals surface area contributed by atoms with Crippen molar-refractivity contribution >= 4 is 44.4 Å². The minimum atomic E-state index is -1.41. The van der Waals surface area contributed by atoms with Gasteiger partial charge in [0.15, 0.2) is 11.4 Å². The molecule has 36 heavy (non-hydrogen) atoms. The van der Waals surface area contributed by atoms with Crippen molar-refractivity contribution in [3.63, 3.8) is 0 Å². The predicted molar refractivity (Wildman–Crippen MR) is 132 cm³/mol. The number of piperidine rings is 1. The van der Waals surface area contributed by atoms with Crippen molar-refractivity contribution < 1.29 is 28.2 Å². The first-order chi connectivity index (χ1) is 17.4. The van der Waals surface area contributed by atoms with Crippen molar-refractivity contribution in [3.05, 3.63) is 77.9 Å². The molecule has 1 aliphatic rings. The topological polar surface area (TPSA) is 91.8 Å². The number of hydrogen-bond donors (Lipinski definition) is 2. The summed E-state index contributed by atoms with van der Waals surface area (Å²) in [6.45, 7) is 0.418. The van der Waals surface area contributed by atoms with Crippen molar-refractivity contribution in [2.75, 3.05) is 11.9 Å². The van der Waals surface area contributed by atoms with Gasteiger partial charge in [-0.3, -0.25) is 4.79 Å². The Balaban J connectivity index is 1.31. The molecule has 2 heterocycles. The Morgan fingerprint density at radius 2 is 1.81 bits per heavy atom. The average Bonchev–Trinajstić information content (AvgIpc) is 3.26. The first kappa shape index (κ1) is 23.7. The van der Waals surface area contributed by atoms with Crippen molar-refractivity contribution in [3.8, 4) is 11.1 Å². The van der Waals surface area contributed by atoms with E-state index in [4.69, 9.17) is 9.84 Å². The van der Waals surface area contributed by atoms with Gasteiger partial charge in [0.25, 0.3) is 5.91 Å². The number of fused-ring (bicyclic) bond motifs is 1. The number of hydrogen-bond acceptors (Lipinski definition) is 6. The molecule has 1 aliphatic heterocycles. The summed E-state index contributed by atoms with van der Waals surface area (Å²) in [5.41, 5.74) is 2.59. The van der Waals surface area contributed by atoms with Crippen LogP contribution in [0.15, 0.2) is 60.7 Å². The number of ether oxygens (including phenoxy) is 1. The number of carbonyl (C=O) groups is 2. The second kappa shape index (κ2) is 9.90. The van der Waals surface area contributed by atoms with Crippen LogP contribution in [0.25, 0.3) is 21.3 Å². The molecule has 2 N–H and O–H groups in total. The lowest BCUT2D eigenvalue weighted by Gasteiger charge is -2.34. The van der Waals surface area contributed by atoms with E-state index in [0.29, 0.717) is 45.0 Å². The van der Waals surface area contributed by atoms with Crippen LogP contribution >= 0.6 is 11.3 Å². The van der Waals surface area contributed by atoms with E-state index < -0.39 is 18.2 Å². The van der Waals surface area contributed by atoms with Crippen molar-refractivity contribution in [1.29, 1.82) is 0 Å². The molecule has 1 amide bonds. The van der Waals surface area contributed by atoms with Crippen LogP contribution in [-0.2, 0) is 4.74 Å². The fraction of sp³-hybridized carbons (Fsp3) is 0.192. The van der Waals surface area contributed by atoms with Crippen LogP contribution in [0.5, 0.6) is 0 Å². The van der Waals surface area contributed by atoms with Gasteiger partial charge in [-0.05, 0) is 66.4 Å². The molecule has 1 fully saturated rings. The molecule has 0 radical (unpaired) electrons. The lowest BCUT2D eigenvalue weighted by atomic mass is 10.0. The molecular weight excluding hydrogens is 488 g/mol. The predicted octanol–water partition coefficient (Wildman–Crippen LogP) is 6.63. The van der Waals surface area contributed by atoms with Gasteiger partial charge in [-0.2, -0.15) is 0 Å². The van der Waals surface area contributed by atoms with E-state index in [9.17, 15) is 18.4 Å². The number of aromatic nitrogens is 1. The SMILES string of the molecule is O=C(O)OC1CCCCN1C(=O)c1ccc(-c2ccc(Nc3nc4ccc(F)cc4s3)c(F)c2)cc1. The van der Waals surface area contributed by atoms with Crippen molar-refractivity contribution in [1.82, 2.24) is 9.88 Å². The van der Waals surface area contributed by atoms with Crippen LogP contribution in [0.1, 0.15) is 29.6 Å². The van der Waals surface area contributed by atoms with Crippen LogP contribution < -0.4 is 5.32 Å². The second-order valence-electron chi connectivity index (χ2n) is 8.36. The molecule has 0 spiro atoms. The highest BCUT2D eigenvalue weighted by molar-refractivity contribution is 7.22. The number of halogens is 2.